The van der Waals surface area contributed by atoms with Crippen molar-refractivity contribution in [1.82, 2.24) is 20.6 Å². The van der Waals surface area contributed by atoms with Crippen LogP contribution in [0.4, 0.5) is 0 Å². The van der Waals surface area contributed by atoms with Gasteiger partial charge in [0.05, 0.1) is 0 Å². The Morgan fingerprint density at radius 1 is 1.50 bits per heavy atom. The highest BCUT2D eigenvalue weighted by atomic mass is 15.5. The summed E-state index contributed by atoms with van der Waals surface area (Å²) in [5.74, 6) is 0.942. The Morgan fingerprint density at radius 3 is 2.64 bits per heavy atom. The number of aromatic amines is 1. The maximum Gasteiger partial charge on any atom is 0.178 e. The van der Waals surface area contributed by atoms with Gasteiger partial charge in [0.1, 0.15) is 0 Å². The molecule has 0 amide bonds. The Balaban J connectivity index is 2.65. The molecule has 1 aromatic rings. The van der Waals surface area contributed by atoms with E-state index in [9.17, 15) is 0 Å². The van der Waals surface area contributed by atoms with Crippen LogP contribution in [0.15, 0.2) is 0 Å². The van der Waals surface area contributed by atoms with Crippen molar-refractivity contribution in [3.05, 3.63) is 5.82 Å². The maximum atomic E-state index is 5.70. The van der Waals surface area contributed by atoms with Gasteiger partial charge < -0.3 is 5.73 Å². The lowest BCUT2D eigenvalue weighted by atomic mass is 9.80. The van der Waals surface area contributed by atoms with Gasteiger partial charge in [-0.15, -0.1) is 10.2 Å². The minimum Gasteiger partial charge on any atom is -0.330 e. The summed E-state index contributed by atoms with van der Waals surface area (Å²) in [6.45, 7) is 7.22. The fourth-order valence-electron chi connectivity index (χ4n) is 1.43. The zero-order valence-corrected chi connectivity index (χ0v) is 9.12. The Labute approximate surface area is 84.5 Å². The number of hydrogen-bond acceptors (Lipinski definition) is 4. The van der Waals surface area contributed by atoms with Crippen LogP contribution < -0.4 is 5.73 Å². The maximum absolute atomic E-state index is 5.70. The third-order valence-corrected chi connectivity index (χ3v) is 2.77. The third kappa shape index (κ3) is 2.77. The van der Waals surface area contributed by atoms with Gasteiger partial charge in [0.2, 0.25) is 0 Å². The molecule has 0 radical (unpaired) electrons. The molecule has 0 spiro atoms. The van der Waals surface area contributed by atoms with E-state index in [4.69, 9.17) is 5.73 Å². The van der Waals surface area contributed by atoms with Crippen LogP contribution in [0.1, 0.15) is 45.4 Å². The van der Waals surface area contributed by atoms with Crippen molar-refractivity contribution in [2.24, 2.45) is 11.1 Å². The number of nitrogens with one attached hydrogen (secondary N) is 1. The fraction of sp³-hybridized carbons (Fsp3) is 0.889. The Morgan fingerprint density at radius 2 is 2.21 bits per heavy atom. The van der Waals surface area contributed by atoms with E-state index in [2.05, 4.69) is 41.4 Å². The second-order valence-corrected chi connectivity index (χ2v) is 4.42. The van der Waals surface area contributed by atoms with Crippen LogP contribution >= 0.6 is 0 Å². The number of tetrazole rings is 1. The Kier molecular flexibility index (Phi) is 3.57. The predicted molar refractivity (Wildman–Crippen MR) is 54.7 cm³/mol. The molecule has 1 rings (SSSR count). The van der Waals surface area contributed by atoms with Crippen LogP contribution in [0.3, 0.4) is 0 Å². The Bertz CT molecular complexity index is 254. The molecular weight excluding hydrogens is 178 g/mol. The van der Waals surface area contributed by atoms with Gasteiger partial charge in [0, 0.05) is 12.5 Å². The minimum atomic E-state index is 0.212. The van der Waals surface area contributed by atoms with E-state index in [0.717, 1.165) is 18.7 Å². The minimum absolute atomic E-state index is 0.212. The molecule has 0 aliphatic carbocycles. The van der Waals surface area contributed by atoms with Gasteiger partial charge in [-0.1, -0.05) is 32.4 Å². The quantitative estimate of drug-likeness (QED) is 0.739. The van der Waals surface area contributed by atoms with Gasteiger partial charge in [-0.2, -0.15) is 5.21 Å². The molecule has 0 aliphatic rings. The molecule has 3 N–H and O–H groups in total. The second-order valence-electron chi connectivity index (χ2n) is 4.42. The lowest BCUT2D eigenvalue weighted by molar-refractivity contribution is 0.290. The van der Waals surface area contributed by atoms with E-state index in [1.54, 1.807) is 0 Å². The van der Waals surface area contributed by atoms with Crippen LogP contribution in [-0.4, -0.2) is 27.2 Å². The van der Waals surface area contributed by atoms with Gasteiger partial charge in [0.25, 0.3) is 0 Å². The number of aromatic nitrogens is 4. The zero-order chi connectivity index (χ0) is 10.6. The van der Waals surface area contributed by atoms with Crippen molar-refractivity contribution in [3.8, 4) is 0 Å². The summed E-state index contributed by atoms with van der Waals surface area (Å²) in [6, 6.07) is 0. The van der Waals surface area contributed by atoms with Crippen molar-refractivity contribution in [1.29, 1.82) is 0 Å². The number of nitrogens with zero attached hydrogens (tertiary/aromatic N) is 3. The normalized spacial score (nSPS) is 14.3. The van der Waals surface area contributed by atoms with Crippen LogP contribution in [0.25, 0.3) is 0 Å². The SMILES string of the molecule is CCC(C)(C)CC(CN)c1nn[nH]n1. The molecule has 0 bridgehead atoms. The van der Waals surface area contributed by atoms with E-state index >= 15 is 0 Å². The first-order chi connectivity index (χ1) is 6.59. The average molecular weight is 197 g/mol. The number of hydrogen-bond donors (Lipinski definition) is 2. The molecule has 1 unspecified atom stereocenters. The van der Waals surface area contributed by atoms with E-state index in [1.165, 1.54) is 0 Å². The van der Waals surface area contributed by atoms with Crippen LogP contribution in [-0.2, 0) is 0 Å². The van der Waals surface area contributed by atoms with E-state index in [0.29, 0.717) is 6.54 Å². The predicted octanol–water partition coefficient (Wildman–Crippen LogP) is 1.07. The summed E-state index contributed by atoms with van der Waals surface area (Å²) in [5.41, 5.74) is 5.99. The first-order valence-electron chi connectivity index (χ1n) is 5.02. The molecule has 14 heavy (non-hydrogen) atoms. The summed E-state index contributed by atoms with van der Waals surface area (Å²) in [5, 5.41) is 14.0. The molecule has 0 fully saturated rings. The molecule has 1 heterocycles. The lowest BCUT2D eigenvalue weighted by Crippen LogP contribution is -2.22. The van der Waals surface area contributed by atoms with Crippen LogP contribution in [0.5, 0.6) is 0 Å². The zero-order valence-electron chi connectivity index (χ0n) is 9.12. The summed E-state index contributed by atoms with van der Waals surface area (Å²) in [4.78, 5) is 0. The summed E-state index contributed by atoms with van der Waals surface area (Å²) in [7, 11) is 0. The van der Waals surface area contributed by atoms with Crippen molar-refractivity contribution in [3.63, 3.8) is 0 Å². The fourth-order valence-corrected chi connectivity index (χ4v) is 1.43. The highest BCUT2D eigenvalue weighted by molar-refractivity contribution is 4.94. The second kappa shape index (κ2) is 4.50. The van der Waals surface area contributed by atoms with Gasteiger partial charge >= 0.3 is 0 Å². The van der Waals surface area contributed by atoms with Crippen molar-refractivity contribution in [2.45, 2.75) is 39.5 Å². The number of H-pyrrole nitrogens is 1. The molecular formula is C9H19N5. The average Bonchev–Trinajstić information content (AvgIpc) is 2.67. The first kappa shape index (κ1) is 11.1. The molecule has 0 saturated carbocycles. The number of nitrogens with two attached hydrogens (primary N) is 1. The Hall–Kier alpha value is -0.970. The highest BCUT2D eigenvalue weighted by Gasteiger charge is 2.24. The van der Waals surface area contributed by atoms with Crippen LogP contribution in [0.2, 0.25) is 0 Å². The van der Waals surface area contributed by atoms with E-state index in [1.807, 2.05) is 0 Å². The molecule has 5 nitrogen and oxygen atoms in total. The first-order valence-corrected chi connectivity index (χ1v) is 5.02. The molecule has 80 valence electrons. The molecule has 0 aromatic carbocycles. The molecule has 1 atom stereocenters. The van der Waals surface area contributed by atoms with Crippen molar-refractivity contribution in [2.75, 3.05) is 6.54 Å². The smallest absolute Gasteiger partial charge is 0.178 e. The van der Waals surface area contributed by atoms with Crippen LogP contribution in [0, 0.1) is 5.41 Å². The van der Waals surface area contributed by atoms with Gasteiger partial charge in [-0.3, -0.25) is 0 Å². The molecule has 5 heteroatoms. The summed E-state index contributed by atoms with van der Waals surface area (Å²) in [6.07, 6.45) is 2.13. The van der Waals surface area contributed by atoms with Crippen molar-refractivity contribution < 1.29 is 0 Å². The van der Waals surface area contributed by atoms with Gasteiger partial charge in [-0.05, 0) is 11.8 Å². The summed E-state index contributed by atoms with van der Waals surface area (Å²) < 4.78 is 0. The van der Waals surface area contributed by atoms with Gasteiger partial charge in [0.15, 0.2) is 5.82 Å². The largest absolute Gasteiger partial charge is 0.330 e. The van der Waals surface area contributed by atoms with Gasteiger partial charge in [-0.25, -0.2) is 0 Å². The topological polar surface area (TPSA) is 80.5 Å². The highest BCUT2D eigenvalue weighted by Crippen LogP contribution is 2.31. The van der Waals surface area contributed by atoms with E-state index < -0.39 is 0 Å². The molecule has 1 aromatic heterocycles. The summed E-state index contributed by atoms with van der Waals surface area (Å²) >= 11 is 0. The monoisotopic (exact) mass is 197 g/mol. The molecule has 0 saturated heterocycles. The van der Waals surface area contributed by atoms with E-state index in [-0.39, 0.29) is 11.3 Å². The lowest BCUT2D eigenvalue weighted by Gasteiger charge is -2.26. The number of rotatable bonds is 5. The molecule has 0 aliphatic heterocycles. The standard InChI is InChI=1S/C9H19N5/c1-4-9(2,3)5-7(6-10)8-11-13-14-12-8/h7H,4-6,10H2,1-3H3,(H,11,12,13,14). The third-order valence-electron chi connectivity index (χ3n) is 2.77. The van der Waals surface area contributed by atoms with Crippen molar-refractivity contribution >= 4 is 0 Å².